The van der Waals surface area contributed by atoms with E-state index in [1.54, 1.807) is 4.68 Å². The Kier molecular flexibility index (Phi) is 4.54. The second kappa shape index (κ2) is 5.51. The van der Waals surface area contributed by atoms with Crippen LogP contribution in [0.2, 0.25) is 0 Å². The maximum atomic E-state index is 9.85. The molecular weight excluding hydrogens is 218 g/mol. The molecule has 0 spiro atoms. The van der Waals surface area contributed by atoms with E-state index in [0.717, 1.165) is 5.82 Å². The quantitative estimate of drug-likeness (QED) is 0.836. The van der Waals surface area contributed by atoms with Gasteiger partial charge in [-0.3, -0.25) is 4.68 Å². The number of aliphatic hydroxyl groups is 1. The first kappa shape index (κ1) is 14.0. The number of rotatable bonds is 5. The van der Waals surface area contributed by atoms with E-state index in [1.807, 2.05) is 52.0 Å². The lowest BCUT2D eigenvalue weighted by molar-refractivity contribution is -0.0461. The highest BCUT2D eigenvalue weighted by Gasteiger charge is 2.15. The van der Waals surface area contributed by atoms with Crippen LogP contribution in [0, 0.1) is 0 Å². The van der Waals surface area contributed by atoms with Gasteiger partial charge in [-0.1, -0.05) is 0 Å². The summed E-state index contributed by atoms with van der Waals surface area (Å²) >= 11 is 0. The van der Waals surface area contributed by atoms with Crippen LogP contribution in [0.15, 0.2) is 12.3 Å². The van der Waals surface area contributed by atoms with Gasteiger partial charge in [0.1, 0.15) is 5.82 Å². The molecule has 0 aliphatic carbocycles. The first-order valence-corrected chi connectivity index (χ1v) is 5.81. The Bertz CT molecular complexity index is 344. The minimum absolute atomic E-state index is 0.218. The molecule has 0 aromatic carbocycles. The van der Waals surface area contributed by atoms with Crippen LogP contribution in [0.4, 0.5) is 5.82 Å². The van der Waals surface area contributed by atoms with Gasteiger partial charge in [0, 0.05) is 32.9 Å². The molecule has 0 saturated heterocycles. The fraction of sp³-hybridized carbons (Fsp3) is 0.750. The van der Waals surface area contributed by atoms with Gasteiger partial charge in [0.05, 0.1) is 18.3 Å². The summed E-state index contributed by atoms with van der Waals surface area (Å²) in [5, 5.41) is 14.1. The van der Waals surface area contributed by atoms with Crippen LogP contribution < -0.4 is 4.90 Å². The summed E-state index contributed by atoms with van der Waals surface area (Å²) in [7, 11) is 3.78. The van der Waals surface area contributed by atoms with Gasteiger partial charge >= 0.3 is 0 Å². The molecule has 1 N–H and O–H groups in total. The van der Waals surface area contributed by atoms with Crippen molar-refractivity contribution in [3.8, 4) is 0 Å². The molecule has 0 aliphatic heterocycles. The average Bonchev–Trinajstić information content (AvgIpc) is 2.61. The molecule has 17 heavy (non-hydrogen) atoms. The lowest BCUT2D eigenvalue weighted by Gasteiger charge is -2.24. The van der Waals surface area contributed by atoms with Crippen molar-refractivity contribution in [2.75, 3.05) is 25.1 Å². The van der Waals surface area contributed by atoms with Gasteiger partial charge in [-0.15, -0.1) is 0 Å². The Balaban J connectivity index is 2.38. The summed E-state index contributed by atoms with van der Waals surface area (Å²) in [5.41, 5.74) is -0.218. The van der Waals surface area contributed by atoms with E-state index in [-0.39, 0.29) is 5.60 Å². The molecule has 1 rings (SSSR count). The van der Waals surface area contributed by atoms with Crippen LogP contribution in [-0.2, 0) is 11.8 Å². The van der Waals surface area contributed by atoms with Crippen molar-refractivity contribution in [2.24, 2.45) is 7.05 Å². The van der Waals surface area contributed by atoms with Crippen LogP contribution in [0.1, 0.15) is 20.8 Å². The Labute approximate surface area is 103 Å². The van der Waals surface area contributed by atoms with Crippen molar-refractivity contribution in [3.05, 3.63) is 12.3 Å². The molecule has 0 aliphatic rings. The third-order valence-electron chi connectivity index (χ3n) is 2.28. The molecule has 5 nitrogen and oxygen atoms in total. The molecular formula is C12H23N3O2. The maximum Gasteiger partial charge on any atom is 0.150 e. The zero-order valence-electron chi connectivity index (χ0n) is 11.3. The zero-order valence-corrected chi connectivity index (χ0v) is 11.3. The van der Waals surface area contributed by atoms with Gasteiger partial charge in [-0.25, -0.2) is 0 Å². The Morgan fingerprint density at radius 1 is 1.53 bits per heavy atom. The van der Waals surface area contributed by atoms with E-state index >= 15 is 0 Å². The van der Waals surface area contributed by atoms with Gasteiger partial charge in [0.15, 0.2) is 0 Å². The Morgan fingerprint density at radius 2 is 2.18 bits per heavy atom. The Hall–Kier alpha value is -1.07. The third kappa shape index (κ3) is 5.19. The third-order valence-corrected chi connectivity index (χ3v) is 2.28. The first-order valence-electron chi connectivity index (χ1n) is 5.81. The molecule has 1 aromatic rings. The van der Waals surface area contributed by atoms with Crippen molar-refractivity contribution < 1.29 is 9.84 Å². The summed E-state index contributed by atoms with van der Waals surface area (Å²) in [6.45, 7) is 6.76. The zero-order chi connectivity index (χ0) is 13.1. The summed E-state index contributed by atoms with van der Waals surface area (Å²) in [5.74, 6) is 0.849. The smallest absolute Gasteiger partial charge is 0.150 e. The minimum atomic E-state index is -0.513. The molecule has 5 heteroatoms. The Morgan fingerprint density at radius 3 is 2.65 bits per heavy atom. The maximum absolute atomic E-state index is 9.85. The van der Waals surface area contributed by atoms with Crippen LogP contribution in [0.5, 0.6) is 0 Å². The fourth-order valence-corrected chi connectivity index (χ4v) is 1.41. The summed E-state index contributed by atoms with van der Waals surface area (Å²) in [6.07, 6.45) is 1.37. The molecule has 98 valence electrons. The molecule has 0 fully saturated rings. The van der Waals surface area contributed by atoms with Gasteiger partial charge in [0.25, 0.3) is 0 Å². The van der Waals surface area contributed by atoms with Crippen LogP contribution in [0.3, 0.4) is 0 Å². The predicted molar refractivity (Wildman–Crippen MR) is 68.2 cm³/mol. The summed E-state index contributed by atoms with van der Waals surface area (Å²) in [6, 6.07) is 1.91. The average molecular weight is 241 g/mol. The molecule has 1 aromatic heterocycles. The van der Waals surface area contributed by atoms with Gasteiger partial charge in [-0.2, -0.15) is 5.10 Å². The second-order valence-electron chi connectivity index (χ2n) is 5.31. The number of anilines is 1. The molecule has 0 radical (unpaired) electrons. The SMILES string of the molecule is CN(C[C@H](O)COC(C)(C)C)c1ccn(C)n1. The number of aryl methyl sites for hydroxylation is 1. The van der Waals surface area contributed by atoms with Crippen molar-refractivity contribution in [1.82, 2.24) is 9.78 Å². The molecule has 1 atom stereocenters. The van der Waals surface area contributed by atoms with Crippen molar-refractivity contribution in [1.29, 1.82) is 0 Å². The topological polar surface area (TPSA) is 50.5 Å². The van der Waals surface area contributed by atoms with E-state index in [0.29, 0.717) is 13.2 Å². The number of likely N-dealkylation sites (N-methyl/N-ethyl adjacent to an activating group) is 1. The number of ether oxygens (including phenoxy) is 1. The highest BCUT2D eigenvalue weighted by molar-refractivity contribution is 5.35. The molecule has 0 unspecified atom stereocenters. The van der Waals surface area contributed by atoms with Gasteiger partial charge in [-0.05, 0) is 20.8 Å². The van der Waals surface area contributed by atoms with Gasteiger partial charge < -0.3 is 14.7 Å². The first-order chi connectivity index (χ1) is 7.78. The monoisotopic (exact) mass is 241 g/mol. The van der Waals surface area contributed by atoms with Crippen molar-refractivity contribution in [3.63, 3.8) is 0 Å². The predicted octanol–water partition coefficient (Wildman–Crippen LogP) is 1.03. The van der Waals surface area contributed by atoms with E-state index in [9.17, 15) is 5.11 Å². The number of hydrogen-bond acceptors (Lipinski definition) is 4. The fourth-order valence-electron chi connectivity index (χ4n) is 1.41. The van der Waals surface area contributed by atoms with E-state index in [2.05, 4.69) is 5.10 Å². The number of aliphatic hydroxyl groups excluding tert-OH is 1. The van der Waals surface area contributed by atoms with Crippen LogP contribution in [-0.4, -0.2) is 46.8 Å². The molecule has 0 amide bonds. The normalized spacial score (nSPS) is 13.8. The van der Waals surface area contributed by atoms with Crippen molar-refractivity contribution >= 4 is 5.82 Å². The standard InChI is InChI=1S/C12H23N3O2/c1-12(2,3)17-9-10(16)8-14(4)11-6-7-15(5)13-11/h6-7,10,16H,8-9H2,1-5H3/t10-/m0/s1. The number of nitrogens with zero attached hydrogens (tertiary/aromatic N) is 3. The highest BCUT2D eigenvalue weighted by atomic mass is 16.5. The minimum Gasteiger partial charge on any atom is -0.389 e. The summed E-state index contributed by atoms with van der Waals surface area (Å²) < 4.78 is 7.27. The lowest BCUT2D eigenvalue weighted by Crippen LogP contribution is -2.35. The highest BCUT2D eigenvalue weighted by Crippen LogP contribution is 2.10. The lowest BCUT2D eigenvalue weighted by atomic mass is 10.2. The second-order valence-corrected chi connectivity index (χ2v) is 5.31. The number of aromatic nitrogens is 2. The van der Waals surface area contributed by atoms with Crippen LogP contribution in [0.25, 0.3) is 0 Å². The molecule has 1 heterocycles. The largest absolute Gasteiger partial charge is 0.389 e. The van der Waals surface area contributed by atoms with E-state index in [1.165, 1.54) is 0 Å². The van der Waals surface area contributed by atoms with E-state index < -0.39 is 6.10 Å². The van der Waals surface area contributed by atoms with Crippen molar-refractivity contribution in [2.45, 2.75) is 32.5 Å². The molecule has 0 saturated carbocycles. The van der Waals surface area contributed by atoms with E-state index in [4.69, 9.17) is 4.74 Å². The van der Waals surface area contributed by atoms with Gasteiger partial charge in [0.2, 0.25) is 0 Å². The number of hydrogen-bond donors (Lipinski definition) is 1. The summed E-state index contributed by atoms with van der Waals surface area (Å²) in [4.78, 5) is 1.91. The van der Waals surface area contributed by atoms with Crippen LogP contribution >= 0.6 is 0 Å². The molecule has 0 bridgehead atoms.